The average Bonchev–Trinajstić information content (AvgIpc) is 3.04. The lowest BCUT2D eigenvalue weighted by Crippen LogP contribution is -2.59. The summed E-state index contributed by atoms with van der Waals surface area (Å²) in [5.74, 6) is -0.749. The molecule has 0 saturated carbocycles. The van der Waals surface area contributed by atoms with Gasteiger partial charge in [0.25, 0.3) is 0 Å². The third-order valence-electron chi connectivity index (χ3n) is 3.98. The van der Waals surface area contributed by atoms with E-state index in [1.807, 2.05) is 13.8 Å². The smallest absolute Gasteiger partial charge is 0.194 e. The van der Waals surface area contributed by atoms with Crippen LogP contribution in [0.5, 0.6) is 0 Å². The highest BCUT2D eigenvalue weighted by Gasteiger charge is 2.66. The van der Waals surface area contributed by atoms with E-state index in [1.54, 1.807) is 6.07 Å². The Morgan fingerprint density at radius 1 is 1.32 bits per heavy atom. The zero-order valence-electron chi connectivity index (χ0n) is 10.7. The van der Waals surface area contributed by atoms with Gasteiger partial charge in [-0.1, -0.05) is 0 Å². The quantitative estimate of drug-likeness (QED) is 0.810. The molecule has 0 amide bonds. The van der Waals surface area contributed by atoms with E-state index in [0.29, 0.717) is 12.2 Å². The fourth-order valence-electron chi connectivity index (χ4n) is 3.15. The van der Waals surface area contributed by atoms with E-state index < -0.39 is 23.8 Å². The van der Waals surface area contributed by atoms with Crippen LogP contribution in [0.4, 0.5) is 0 Å². The molecule has 1 N–H and O–H groups in total. The zero-order chi connectivity index (χ0) is 13.3. The predicted molar refractivity (Wildman–Crippen MR) is 61.0 cm³/mol. The molecule has 3 aliphatic rings. The Morgan fingerprint density at radius 3 is 2.89 bits per heavy atom. The largest absolute Gasteiger partial charge is 0.472 e. The van der Waals surface area contributed by atoms with Crippen LogP contribution in [0, 0.1) is 0 Å². The van der Waals surface area contributed by atoms with Gasteiger partial charge in [0, 0.05) is 5.56 Å². The first kappa shape index (κ1) is 11.9. The highest BCUT2D eigenvalue weighted by molar-refractivity contribution is 5.24. The lowest BCUT2D eigenvalue weighted by Gasteiger charge is -2.41. The second kappa shape index (κ2) is 3.59. The molecule has 3 aliphatic heterocycles. The van der Waals surface area contributed by atoms with E-state index in [0.717, 1.165) is 0 Å². The Hall–Kier alpha value is -0.920. The monoisotopic (exact) mass is 268 g/mol. The summed E-state index contributed by atoms with van der Waals surface area (Å²) in [5, 5.41) is 11.1. The van der Waals surface area contributed by atoms with Crippen molar-refractivity contribution in [2.24, 2.45) is 0 Å². The van der Waals surface area contributed by atoms with E-state index in [4.69, 9.17) is 23.4 Å². The number of fused-ring (bicyclic) bond motifs is 4. The van der Waals surface area contributed by atoms with Crippen LogP contribution < -0.4 is 0 Å². The first-order chi connectivity index (χ1) is 9.01. The number of ether oxygens (including phenoxy) is 4. The van der Waals surface area contributed by atoms with E-state index in [-0.39, 0.29) is 12.2 Å². The first-order valence-corrected chi connectivity index (χ1v) is 6.38. The van der Waals surface area contributed by atoms with Crippen molar-refractivity contribution >= 4 is 0 Å². The lowest BCUT2D eigenvalue weighted by molar-refractivity contribution is -0.269. The van der Waals surface area contributed by atoms with Crippen LogP contribution in [0.15, 0.2) is 23.0 Å². The second-order valence-electron chi connectivity index (χ2n) is 5.70. The van der Waals surface area contributed by atoms with Crippen molar-refractivity contribution in [3.8, 4) is 0 Å². The van der Waals surface area contributed by atoms with Crippen molar-refractivity contribution in [2.45, 2.75) is 49.8 Å². The van der Waals surface area contributed by atoms with E-state index in [2.05, 4.69) is 0 Å². The summed E-state index contributed by atoms with van der Waals surface area (Å²) in [7, 11) is 0. The van der Waals surface area contributed by atoms with Gasteiger partial charge in [0.2, 0.25) is 0 Å². The Bertz CT molecular complexity index is 483. The fraction of sp³-hybridized carbons (Fsp3) is 0.692. The molecule has 0 radical (unpaired) electrons. The Balaban J connectivity index is 1.81. The number of furan rings is 1. The van der Waals surface area contributed by atoms with Crippen molar-refractivity contribution in [3.05, 3.63) is 24.2 Å². The first-order valence-electron chi connectivity index (χ1n) is 6.38. The molecule has 104 valence electrons. The van der Waals surface area contributed by atoms with Gasteiger partial charge >= 0.3 is 0 Å². The minimum absolute atomic E-state index is 0.205. The predicted octanol–water partition coefficient (Wildman–Crippen LogP) is 0.742. The fourth-order valence-corrected chi connectivity index (χ4v) is 3.15. The van der Waals surface area contributed by atoms with E-state index >= 15 is 0 Å². The molecule has 1 aromatic heterocycles. The van der Waals surface area contributed by atoms with E-state index in [1.165, 1.54) is 12.5 Å². The zero-order valence-corrected chi connectivity index (χ0v) is 10.7. The molecule has 0 unspecified atom stereocenters. The van der Waals surface area contributed by atoms with Gasteiger partial charge in [-0.2, -0.15) is 0 Å². The normalized spacial score (nSPS) is 47.3. The van der Waals surface area contributed by atoms with Gasteiger partial charge < -0.3 is 28.5 Å². The molecule has 0 aromatic carbocycles. The maximum atomic E-state index is 11.1. The molecule has 19 heavy (non-hydrogen) atoms. The van der Waals surface area contributed by atoms with Crippen molar-refractivity contribution < 1.29 is 28.5 Å². The highest BCUT2D eigenvalue weighted by atomic mass is 16.8. The molecule has 1 aromatic rings. The Labute approximate surface area is 110 Å². The minimum atomic E-state index is -1.42. The van der Waals surface area contributed by atoms with Gasteiger partial charge in [-0.3, -0.25) is 0 Å². The van der Waals surface area contributed by atoms with Crippen LogP contribution in [0.2, 0.25) is 0 Å². The number of hydrogen-bond donors (Lipinski definition) is 1. The van der Waals surface area contributed by atoms with Gasteiger partial charge in [-0.15, -0.1) is 0 Å². The molecule has 2 bridgehead atoms. The third kappa shape index (κ3) is 1.49. The standard InChI is InChI=1S/C13H16O6/c1-12(2)18-9-8-6-16-11(17-8)13(14,10(9)19-12)7-3-4-15-5-7/h3-5,8-11,14H,6H2,1-2H3/t8-,9+,10+,11-,13+/m1/s1. The summed E-state index contributed by atoms with van der Waals surface area (Å²) in [5.41, 5.74) is -0.840. The summed E-state index contributed by atoms with van der Waals surface area (Å²) in [6.45, 7) is 4.05. The van der Waals surface area contributed by atoms with Crippen LogP contribution in [-0.2, 0) is 24.5 Å². The van der Waals surface area contributed by atoms with Crippen LogP contribution in [-0.4, -0.2) is 42.1 Å². The molecule has 3 saturated heterocycles. The van der Waals surface area contributed by atoms with Crippen molar-refractivity contribution in [1.82, 2.24) is 0 Å². The number of aliphatic hydroxyl groups is 1. The number of rotatable bonds is 1. The van der Waals surface area contributed by atoms with Gasteiger partial charge in [-0.25, -0.2) is 0 Å². The molecular weight excluding hydrogens is 252 g/mol. The Morgan fingerprint density at radius 2 is 2.16 bits per heavy atom. The Kier molecular flexibility index (Phi) is 2.24. The summed E-state index contributed by atoms with van der Waals surface area (Å²) in [4.78, 5) is 0. The topological polar surface area (TPSA) is 70.3 Å². The highest BCUT2D eigenvalue weighted by Crippen LogP contribution is 2.49. The summed E-state index contributed by atoms with van der Waals surface area (Å²) < 4.78 is 28.1. The van der Waals surface area contributed by atoms with Crippen LogP contribution in [0.25, 0.3) is 0 Å². The average molecular weight is 268 g/mol. The molecule has 6 heteroatoms. The van der Waals surface area contributed by atoms with Gasteiger partial charge in [0.1, 0.15) is 18.3 Å². The third-order valence-corrected chi connectivity index (χ3v) is 3.98. The summed E-state index contributed by atoms with van der Waals surface area (Å²) in [6.07, 6.45) is 1.14. The van der Waals surface area contributed by atoms with Crippen LogP contribution in [0.1, 0.15) is 19.4 Å². The SMILES string of the molecule is CC1(C)O[C@H]2[C@H]3CO[C@H](O3)[C@](O)(c3ccoc3)[C@H]2O1. The molecule has 6 nitrogen and oxygen atoms in total. The van der Waals surface area contributed by atoms with Crippen molar-refractivity contribution in [1.29, 1.82) is 0 Å². The van der Waals surface area contributed by atoms with Gasteiger partial charge in [0.15, 0.2) is 17.7 Å². The lowest BCUT2D eigenvalue weighted by atomic mass is 9.83. The molecule has 5 atom stereocenters. The van der Waals surface area contributed by atoms with E-state index in [9.17, 15) is 5.11 Å². The summed E-state index contributed by atoms with van der Waals surface area (Å²) >= 11 is 0. The maximum Gasteiger partial charge on any atom is 0.194 e. The second-order valence-corrected chi connectivity index (χ2v) is 5.70. The summed E-state index contributed by atoms with van der Waals surface area (Å²) in [6, 6.07) is 1.69. The van der Waals surface area contributed by atoms with Crippen LogP contribution >= 0.6 is 0 Å². The molecule has 0 aliphatic carbocycles. The molecule has 3 fully saturated rings. The minimum Gasteiger partial charge on any atom is -0.472 e. The van der Waals surface area contributed by atoms with Crippen LogP contribution in [0.3, 0.4) is 0 Å². The van der Waals surface area contributed by atoms with Crippen molar-refractivity contribution in [3.63, 3.8) is 0 Å². The maximum absolute atomic E-state index is 11.1. The number of hydrogen-bond acceptors (Lipinski definition) is 6. The van der Waals surface area contributed by atoms with Crippen molar-refractivity contribution in [2.75, 3.05) is 6.61 Å². The van der Waals surface area contributed by atoms with Gasteiger partial charge in [-0.05, 0) is 19.9 Å². The van der Waals surface area contributed by atoms with Gasteiger partial charge in [0.05, 0.1) is 19.1 Å². The molecule has 4 heterocycles. The molecular formula is C13H16O6. The molecule has 4 rings (SSSR count). The molecule has 0 spiro atoms.